The van der Waals surface area contributed by atoms with Crippen LogP contribution in [0.2, 0.25) is 5.02 Å². The highest BCUT2D eigenvalue weighted by atomic mass is 35.5. The second kappa shape index (κ2) is 7.56. The molecule has 0 atom stereocenters. The number of benzene rings is 1. The number of nitrogens with zero attached hydrogens (tertiary/aromatic N) is 3. The molecule has 5 nitrogen and oxygen atoms in total. The second-order valence-corrected chi connectivity index (χ2v) is 4.97. The molecule has 2 aromatic rings. The van der Waals surface area contributed by atoms with Crippen molar-refractivity contribution in [3.8, 4) is 23.8 Å². The van der Waals surface area contributed by atoms with Crippen molar-refractivity contribution >= 4 is 17.3 Å². The molecule has 1 heterocycles. The first-order chi connectivity index (χ1) is 11.8. The standard InChI is InChI=1S/C16H8ClF3N4O/c17-14-4-11(16(18,19)20)9-24-15(14)25-13-3-1-2-12(5-13)23-8-10(6-21)7-22/h1-5,8-9,23H. The van der Waals surface area contributed by atoms with Crippen molar-refractivity contribution in [2.75, 3.05) is 5.32 Å². The van der Waals surface area contributed by atoms with Gasteiger partial charge in [-0.2, -0.15) is 23.7 Å². The van der Waals surface area contributed by atoms with E-state index in [1.807, 2.05) is 0 Å². The first-order valence-electron chi connectivity index (χ1n) is 6.61. The molecule has 25 heavy (non-hydrogen) atoms. The normalized spacial score (nSPS) is 10.3. The van der Waals surface area contributed by atoms with Gasteiger partial charge >= 0.3 is 6.18 Å². The van der Waals surface area contributed by atoms with Crippen LogP contribution in [0.1, 0.15) is 5.56 Å². The van der Waals surface area contributed by atoms with Crippen LogP contribution in [0.3, 0.4) is 0 Å². The molecule has 1 aromatic heterocycles. The number of alkyl halides is 3. The first-order valence-corrected chi connectivity index (χ1v) is 6.99. The van der Waals surface area contributed by atoms with Crippen molar-refractivity contribution < 1.29 is 17.9 Å². The average Bonchev–Trinajstić information content (AvgIpc) is 2.57. The number of nitriles is 2. The Morgan fingerprint density at radius 3 is 2.56 bits per heavy atom. The minimum absolute atomic E-state index is 0.126. The zero-order chi connectivity index (χ0) is 18.4. The topological polar surface area (TPSA) is 81.7 Å². The van der Waals surface area contributed by atoms with Gasteiger partial charge in [-0.25, -0.2) is 4.98 Å². The highest BCUT2D eigenvalue weighted by Gasteiger charge is 2.31. The maximum absolute atomic E-state index is 12.6. The molecule has 0 radical (unpaired) electrons. The molecule has 0 fully saturated rings. The number of hydrogen-bond donors (Lipinski definition) is 1. The lowest BCUT2D eigenvalue weighted by atomic mass is 10.2. The summed E-state index contributed by atoms with van der Waals surface area (Å²) in [5.41, 5.74) is -0.617. The third kappa shape index (κ3) is 4.87. The summed E-state index contributed by atoms with van der Waals surface area (Å²) in [7, 11) is 0. The number of ether oxygens (including phenoxy) is 1. The van der Waals surface area contributed by atoms with Crippen molar-refractivity contribution in [1.82, 2.24) is 4.98 Å². The minimum Gasteiger partial charge on any atom is -0.437 e. The average molecular weight is 365 g/mol. The van der Waals surface area contributed by atoms with Crippen LogP contribution < -0.4 is 10.1 Å². The first kappa shape index (κ1) is 18.1. The summed E-state index contributed by atoms with van der Waals surface area (Å²) in [6.45, 7) is 0. The smallest absolute Gasteiger partial charge is 0.417 e. The van der Waals surface area contributed by atoms with Crippen molar-refractivity contribution in [2.24, 2.45) is 0 Å². The van der Waals surface area contributed by atoms with E-state index in [2.05, 4.69) is 10.3 Å². The fourth-order valence-electron chi connectivity index (χ4n) is 1.66. The SMILES string of the molecule is N#CC(C#N)=CNc1cccc(Oc2ncc(C(F)(F)F)cc2Cl)c1. The summed E-state index contributed by atoms with van der Waals surface area (Å²) in [6, 6.07) is 10.4. The molecule has 0 amide bonds. The zero-order valence-corrected chi connectivity index (χ0v) is 13.1. The van der Waals surface area contributed by atoms with E-state index in [-0.39, 0.29) is 22.2 Å². The van der Waals surface area contributed by atoms with Crippen LogP contribution in [0.5, 0.6) is 11.6 Å². The summed E-state index contributed by atoms with van der Waals surface area (Å²) in [6.07, 6.45) is -2.72. The van der Waals surface area contributed by atoms with Crippen molar-refractivity contribution in [1.29, 1.82) is 10.5 Å². The number of anilines is 1. The molecular formula is C16H8ClF3N4O. The molecule has 0 aliphatic rings. The molecule has 126 valence electrons. The van der Waals surface area contributed by atoms with Gasteiger partial charge in [-0.05, 0) is 18.2 Å². The van der Waals surface area contributed by atoms with Gasteiger partial charge in [0, 0.05) is 24.2 Å². The van der Waals surface area contributed by atoms with Crippen molar-refractivity contribution in [3.63, 3.8) is 0 Å². The van der Waals surface area contributed by atoms with Crippen molar-refractivity contribution in [2.45, 2.75) is 6.18 Å². The Kier molecular flexibility index (Phi) is 5.48. The van der Waals surface area contributed by atoms with Gasteiger partial charge in [0.15, 0.2) is 0 Å². The Hall–Kier alpha value is -3.23. The zero-order valence-electron chi connectivity index (χ0n) is 12.3. The molecular weight excluding hydrogens is 357 g/mol. The van der Waals surface area contributed by atoms with Crippen LogP contribution in [0, 0.1) is 22.7 Å². The van der Waals surface area contributed by atoms with Crippen molar-refractivity contribution in [3.05, 3.63) is 58.9 Å². The molecule has 1 aromatic carbocycles. The molecule has 0 aliphatic heterocycles. The van der Waals surface area contributed by atoms with Crippen LogP contribution in [0.15, 0.2) is 48.3 Å². The minimum atomic E-state index is -4.55. The highest BCUT2D eigenvalue weighted by Crippen LogP contribution is 2.34. The maximum Gasteiger partial charge on any atom is 0.417 e. The van der Waals surface area contributed by atoms with E-state index < -0.39 is 11.7 Å². The second-order valence-electron chi connectivity index (χ2n) is 4.56. The number of pyridine rings is 1. The van der Waals surface area contributed by atoms with Gasteiger partial charge in [-0.15, -0.1) is 0 Å². The van der Waals surface area contributed by atoms with E-state index in [9.17, 15) is 13.2 Å². The lowest BCUT2D eigenvalue weighted by Gasteiger charge is -2.10. The van der Waals surface area contributed by atoms with Crippen LogP contribution in [0.4, 0.5) is 18.9 Å². The number of rotatable bonds is 4. The third-order valence-corrected chi connectivity index (χ3v) is 3.08. The molecule has 0 aliphatic carbocycles. The maximum atomic E-state index is 12.6. The summed E-state index contributed by atoms with van der Waals surface area (Å²) < 4.78 is 43.1. The Labute approximate surface area is 145 Å². The molecule has 1 N–H and O–H groups in total. The van der Waals surface area contributed by atoms with Gasteiger partial charge in [0.25, 0.3) is 0 Å². The van der Waals surface area contributed by atoms with Crippen LogP contribution >= 0.6 is 11.6 Å². The monoisotopic (exact) mass is 364 g/mol. The number of aromatic nitrogens is 1. The predicted octanol–water partition coefficient (Wildman–Crippen LogP) is 4.89. The van der Waals surface area contributed by atoms with Crippen LogP contribution in [0.25, 0.3) is 0 Å². The molecule has 2 rings (SSSR count). The van der Waals surface area contributed by atoms with Gasteiger partial charge in [0.05, 0.1) is 5.56 Å². The Balaban J connectivity index is 2.19. The number of allylic oxidation sites excluding steroid dienone is 1. The van der Waals surface area contributed by atoms with E-state index in [1.165, 1.54) is 12.3 Å². The Morgan fingerprint density at radius 2 is 1.96 bits per heavy atom. The lowest BCUT2D eigenvalue weighted by Crippen LogP contribution is -2.05. The van der Waals surface area contributed by atoms with Gasteiger partial charge in [-0.1, -0.05) is 17.7 Å². The molecule has 0 spiro atoms. The fraction of sp³-hybridized carbons (Fsp3) is 0.0625. The molecule has 0 saturated heterocycles. The van der Waals surface area contributed by atoms with E-state index in [0.717, 1.165) is 6.07 Å². The summed E-state index contributed by atoms with van der Waals surface area (Å²) >= 11 is 5.78. The Bertz CT molecular complexity index is 881. The number of nitrogens with one attached hydrogen (secondary N) is 1. The van der Waals surface area contributed by atoms with Crippen LogP contribution in [-0.4, -0.2) is 4.98 Å². The molecule has 0 bridgehead atoms. The molecule has 9 heteroatoms. The summed E-state index contributed by atoms with van der Waals surface area (Å²) in [5, 5.41) is 19.7. The lowest BCUT2D eigenvalue weighted by molar-refractivity contribution is -0.137. The van der Waals surface area contributed by atoms with E-state index in [0.29, 0.717) is 11.9 Å². The third-order valence-electron chi connectivity index (χ3n) is 2.81. The predicted molar refractivity (Wildman–Crippen MR) is 83.7 cm³/mol. The van der Waals surface area contributed by atoms with E-state index >= 15 is 0 Å². The van der Waals surface area contributed by atoms with Gasteiger partial charge in [0.1, 0.15) is 28.5 Å². The highest BCUT2D eigenvalue weighted by molar-refractivity contribution is 6.31. The van der Waals surface area contributed by atoms with Gasteiger partial charge in [0.2, 0.25) is 5.88 Å². The molecule has 0 unspecified atom stereocenters. The quantitative estimate of drug-likeness (QED) is 0.781. The number of hydrogen-bond acceptors (Lipinski definition) is 5. The number of halogens is 4. The Morgan fingerprint density at radius 1 is 1.24 bits per heavy atom. The van der Waals surface area contributed by atoms with Crippen LogP contribution in [-0.2, 0) is 6.18 Å². The molecule has 0 saturated carbocycles. The van der Waals surface area contributed by atoms with Gasteiger partial charge in [-0.3, -0.25) is 0 Å². The largest absolute Gasteiger partial charge is 0.437 e. The van der Waals surface area contributed by atoms with E-state index in [1.54, 1.807) is 30.3 Å². The summed E-state index contributed by atoms with van der Waals surface area (Å²) in [5.74, 6) is 0.0696. The van der Waals surface area contributed by atoms with Gasteiger partial charge < -0.3 is 10.1 Å². The summed E-state index contributed by atoms with van der Waals surface area (Å²) in [4.78, 5) is 3.58. The fourth-order valence-corrected chi connectivity index (χ4v) is 1.87. The van der Waals surface area contributed by atoms with E-state index in [4.69, 9.17) is 26.9 Å².